The Kier molecular flexibility index (Phi) is 7.24. The van der Waals surface area contributed by atoms with Gasteiger partial charge < -0.3 is 14.8 Å². The monoisotopic (exact) mass is 391 g/mol. The molecule has 0 aromatic heterocycles. The van der Waals surface area contributed by atoms with Crippen LogP contribution in [0.5, 0.6) is 11.5 Å². The fourth-order valence-electron chi connectivity index (χ4n) is 2.50. The minimum atomic E-state index is -3.22. The van der Waals surface area contributed by atoms with Gasteiger partial charge in [0, 0.05) is 12.7 Å². The van der Waals surface area contributed by atoms with E-state index in [0.717, 1.165) is 17.1 Å². The Balaban J connectivity index is 1.74. The van der Waals surface area contributed by atoms with Crippen LogP contribution in [0.3, 0.4) is 0 Å². The van der Waals surface area contributed by atoms with Crippen LogP contribution in [-0.2, 0) is 14.6 Å². The molecule has 1 N–H and O–H groups in total. The zero-order valence-corrected chi connectivity index (χ0v) is 16.6. The Morgan fingerprint density at radius 3 is 2.19 bits per heavy atom. The van der Waals surface area contributed by atoms with Gasteiger partial charge in [-0.1, -0.05) is 12.1 Å². The van der Waals surface area contributed by atoms with Crippen LogP contribution in [0, 0.1) is 0 Å². The number of ether oxygens (including phenoxy) is 2. The van der Waals surface area contributed by atoms with E-state index in [9.17, 15) is 13.2 Å². The number of carbonyl (C=O) groups excluding carboxylic acids is 1. The zero-order valence-electron chi connectivity index (χ0n) is 15.8. The molecule has 146 valence electrons. The molecule has 0 saturated carbocycles. The number of amides is 1. The Bertz CT molecular complexity index is 845. The van der Waals surface area contributed by atoms with E-state index in [1.807, 2.05) is 31.2 Å². The van der Waals surface area contributed by atoms with Crippen molar-refractivity contribution in [3.05, 3.63) is 54.1 Å². The molecule has 27 heavy (non-hydrogen) atoms. The molecular weight excluding hydrogens is 366 g/mol. The number of methoxy groups -OCH3 is 1. The third-order valence-electron chi connectivity index (χ3n) is 4.06. The molecule has 0 spiro atoms. The molecule has 0 fully saturated rings. The summed E-state index contributed by atoms with van der Waals surface area (Å²) in [5.41, 5.74) is 0.852. The summed E-state index contributed by atoms with van der Waals surface area (Å²) in [6, 6.07) is 13.6. The van der Waals surface area contributed by atoms with E-state index in [0.29, 0.717) is 19.4 Å². The molecule has 0 saturated heterocycles. The van der Waals surface area contributed by atoms with Crippen LogP contribution in [0.25, 0.3) is 0 Å². The van der Waals surface area contributed by atoms with Crippen LogP contribution < -0.4 is 14.8 Å². The van der Waals surface area contributed by atoms with Crippen LogP contribution in [0.15, 0.2) is 53.4 Å². The molecule has 1 amide bonds. The van der Waals surface area contributed by atoms with Gasteiger partial charge in [-0.25, -0.2) is 8.42 Å². The fraction of sp³-hybridized carbons (Fsp3) is 0.350. The van der Waals surface area contributed by atoms with E-state index in [1.165, 1.54) is 6.26 Å². The maximum atomic E-state index is 12.1. The van der Waals surface area contributed by atoms with Crippen LogP contribution in [0.4, 0.5) is 0 Å². The molecule has 0 aliphatic heterocycles. The predicted octanol–water partition coefficient (Wildman–Crippen LogP) is 3.14. The molecule has 0 heterocycles. The van der Waals surface area contributed by atoms with Gasteiger partial charge in [0.1, 0.15) is 11.5 Å². The summed E-state index contributed by atoms with van der Waals surface area (Å²) in [7, 11) is -1.61. The summed E-state index contributed by atoms with van der Waals surface area (Å²) in [4.78, 5) is 12.3. The van der Waals surface area contributed by atoms with Crippen molar-refractivity contribution in [2.24, 2.45) is 0 Å². The fourth-order valence-corrected chi connectivity index (χ4v) is 3.13. The first-order valence-electron chi connectivity index (χ1n) is 8.66. The average Bonchev–Trinajstić information content (AvgIpc) is 2.65. The van der Waals surface area contributed by atoms with Crippen molar-refractivity contribution in [2.75, 3.05) is 20.0 Å². The van der Waals surface area contributed by atoms with E-state index in [1.54, 1.807) is 31.4 Å². The molecule has 2 aromatic carbocycles. The number of nitrogens with one attached hydrogen (secondary N) is 1. The van der Waals surface area contributed by atoms with Crippen molar-refractivity contribution in [3.63, 3.8) is 0 Å². The second-order valence-corrected chi connectivity index (χ2v) is 8.27. The molecule has 0 aliphatic rings. The van der Waals surface area contributed by atoms with Crippen LogP contribution in [0.2, 0.25) is 0 Å². The van der Waals surface area contributed by atoms with Crippen LogP contribution in [0.1, 0.15) is 31.4 Å². The Labute approximate surface area is 160 Å². The normalized spacial score (nSPS) is 12.3. The number of rotatable bonds is 9. The van der Waals surface area contributed by atoms with E-state index >= 15 is 0 Å². The van der Waals surface area contributed by atoms with Gasteiger partial charge in [0.15, 0.2) is 9.84 Å². The number of carbonyl (C=O) groups is 1. The minimum Gasteiger partial charge on any atom is -0.497 e. The average molecular weight is 391 g/mol. The van der Waals surface area contributed by atoms with Gasteiger partial charge in [-0.3, -0.25) is 4.79 Å². The molecule has 2 rings (SSSR count). The van der Waals surface area contributed by atoms with Gasteiger partial charge in [-0.2, -0.15) is 0 Å². The van der Waals surface area contributed by atoms with Crippen molar-refractivity contribution in [1.29, 1.82) is 0 Å². The highest BCUT2D eigenvalue weighted by atomic mass is 32.2. The maximum absolute atomic E-state index is 12.1. The quantitative estimate of drug-likeness (QED) is 0.664. The molecule has 0 unspecified atom stereocenters. The van der Waals surface area contributed by atoms with E-state index in [-0.39, 0.29) is 16.8 Å². The second-order valence-electron chi connectivity index (χ2n) is 6.26. The second kappa shape index (κ2) is 9.41. The molecule has 6 nitrogen and oxygen atoms in total. The smallest absolute Gasteiger partial charge is 0.220 e. The lowest BCUT2D eigenvalue weighted by molar-refractivity contribution is -0.121. The summed E-state index contributed by atoms with van der Waals surface area (Å²) in [5, 5.41) is 2.91. The third-order valence-corrected chi connectivity index (χ3v) is 5.19. The first kappa shape index (κ1) is 20.8. The molecule has 1 atom stereocenters. The lowest BCUT2D eigenvalue weighted by Gasteiger charge is -2.15. The lowest BCUT2D eigenvalue weighted by Crippen LogP contribution is -2.26. The third kappa shape index (κ3) is 6.60. The van der Waals surface area contributed by atoms with Gasteiger partial charge in [0.2, 0.25) is 5.91 Å². The van der Waals surface area contributed by atoms with E-state index in [4.69, 9.17) is 9.47 Å². The van der Waals surface area contributed by atoms with Crippen LogP contribution in [-0.4, -0.2) is 34.3 Å². The van der Waals surface area contributed by atoms with Crippen molar-refractivity contribution in [2.45, 2.75) is 30.7 Å². The molecule has 7 heteroatoms. The zero-order chi connectivity index (χ0) is 19.9. The first-order valence-corrected chi connectivity index (χ1v) is 10.5. The lowest BCUT2D eigenvalue weighted by atomic mass is 10.1. The Morgan fingerprint density at radius 2 is 1.63 bits per heavy atom. The summed E-state index contributed by atoms with van der Waals surface area (Å²) in [6.07, 6.45) is 2.11. The summed E-state index contributed by atoms with van der Waals surface area (Å²) in [6.45, 7) is 2.30. The van der Waals surface area contributed by atoms with E-state index < -0.39 is 9.84 Å². The van der Waals surface area contributed by atoms with Crippen molar-refractivity contribution in [1.82, 2.24) is 5.32 Å². The minimum absolute atomic E-state index is 0.0759. The highest BCUT2D eigenvalue weighted by molar-refractivity contribution is 7.90. The van der Waals surface area contributed by atoms with Gasteiger partial charge in [-0.15, -0.1) is 0 Å². The topological polar surface area (TPSA) is 81.7 Å². The highest BCUT2D eigenvalue weighted by Gasteiger charge is 2.12. The number of benzene rings is 2. The molecule has 0 aliphatic carbocycles. The number of sulfone groups is 1. The SMILES string of the molecule is COc1ccc(OCCCC(=O)N[C@H](C)c2ccc(S(C)(=O)=O)cc2)cc1. The predicted molar refractivity (Wildman–Crippen MR) is 104 cm³/mol. The van der Waals surface area contributed by atoms with Crippen molar-refractivity contribution < 1.29 is 22.7 Å². The number of hydrogen-bond acceptors (Lipinski definition) is 5. The molecule has 0 radical (unpaired) electrons. The Hall–Kier alpha value is -2.54. The molecule has 2 aromatic rings. The first-order chi connectivity index (χ1) is 12.8. The van der Waals surface area contributed by atoms with Gasteiger partial charge in [0.25, 0.3) is 0 Å². The van der Waals surface area contributed by atoms with E-state index in [2.05, 4.69) is 5.32 Å². The van der Waals surface area contributed by atoms with Crippen molar-refractivity contribution in [3.8, 4) is 11.5 Å². The van der Waals surface area contributed by atoms with Crippen molar-refractivity contribution >= 4 is 15.7 Å². The standard InChI is InChI=1S/C20H25NO5S/c1-15(16-6-12-19(13-7-16)27(3,23)24)21-20(22)5-4-14-26-18-10-8-17(25-2)9-11-18/h6-13,15H,4-5,14H2,1-3H3,(H,21,22)/t15-/m1/s1. The summed E-state index contributed by atoms with van der Waals surface area (Å²) < 4.78 is 33.7. The van der Waals surface area contributed by atoms with Gasteiger partial charge in [-0.05, 0) is 55.3 Å². The van der Waals surface area contributed by atoms with Gasteiger partial charge in [0.05, 0.1) is 24.7 Å². The summed E-state index contributed by atoms with van der Waals surface area (Å²) in [5.74, 6) is 1.42. The highest BCUT2D eigenvalue weighted by Crippen LogP contribution is 2.18. The van der Waals surface area contributed by atoms with Crippen LogP contribution >= 0.6 is 0 Å². The number of hydrogen-bond donors (Lipinski definition) is 1. The Morgan fingerprint density at radius 1 is 1.04 bits per heavy atom. The largest absolute Gasteiger partial charge is 0.497 e. The maximum Gasteiger partial charge on any atom is 0.220 e. The summed E-state index contributed by atoms with van der Waals surface area (Å²) >= 11 is 0. The molecule has 0 bridgehead atoms. The van der Waals surface area contributed by atoms with Gasteiger partial charge >= 0.3 is 0 Å². The molecular formula is C20H25NO5S.